The zero-order chi connectivity index (χ0) is 25.3. The Morgan fingerprint density at radius 2 is 1.69 bits per heavy atom. The Bertz CT molecular complexity index is 1050. The largest absolute Gasteiger partial charge is 0.378 e. The smallest absolute Gasteiger partial charge is 0.243 e. The Morgan fingerprint density at radius 1 is 1.00 bits per heavy atom. The highest BCUT2D eigenvalue weighted by Gasteiger charge is 2.51. The highest BCUT2D eigenvalue weighted by molar-refractivity contribution is 7.89. The van der Waals surface area contributed by atoms with Crippen LogP contribution in [0.5, 0.6) is 0 Å². The normalized spacial score (nSPS) is 29.5. The number of ketones is 1. The highest BCUT2D eigenvalue weighted by atomic mass is 32.2. The quantitative estimate of drug-likeness (QED) is 0.517. The molecule has 36 heavy (non-hydrogen) atoms. The Morgan fingerprint density at radius 3 is 2.39 bits per heavy atom. The summed E-state index contributed by atoms with van der Waals surface area (Å²) in [5, 5.41) is 0. The van der Waals surface area contributed by atoms with Crippen LogP contribution in [0.15, 0.2) is 29.2 Å². The summed E-state index contributed by atoms with van der Waals surface area (Å²) in [4.78, 5) is 29.2. The summed E-state index contributed by atoms with van der Waals surface area (Å²) < 4.78 is 35.1. The average molecular weight is 518 g/mol. The van der Waals surface area contributed by atoms with Crippen molar-refractivity contribution >= 4 is 21.7 Å². The molecule has 0 aromatic heterocycles. The minimum absolute atomic E-state index is 0.0768. The van der Waals surface area contributed by atoms with Crippen molar-refractivity contribution in [2.75, 3.05) is 45.9 Å². The molecule has 0 bridgehead atoms. The molecule has 9 heteroatoms. The first-order valence-corrected chi connectivity index (χ1v) is 15.0. The fraction of sp³-hybridized carbons (Fsp3) is 0.704. The number of nitrogens with zero attached hydrogens (tertiary/aromatic N) is 3. The standard InChI is InChI=1S/C27H39N3O5S/c1-20(31)21-9-11-23(12-10-21)36(33,34)30-19-22-5-3-13-29-14-4-6-24(27(22)29)25(30)7-2-8-26(32)28-15-17-35-18-16-28/h9-12,22,24-25,27H,2-8,13-19H2,1H3/t22-,24+,25+,27-/m0/s1. The number of ether oxygens (including phenoxy) is 1. The van der Waals surface area contributed by atoms with Crippen molar-refractivity contribution in [3.8, 4) is 0 Å². The van der Waals surface area contributed by atoms with Crippen LogP contribution in [0.3, 0.4) is 0 Å². The molecule has 5 rings (SSSR count). The third-order valence-corrected chi connectivity index (χ3v) is 10.7. The fourth-order valence-corrected chi connectivity index (χ4v) is 8.78. The van der Waals surface area contributed by atoms with E-state index >= 15 is 0 Å². The van der Waals surface area contributed by atoms with Gasteiger partial charge in [-0.2, -0.15) is 4.31 Å². The lowest BCUT2D eigenvalue weighted by atomic mass is 9.70. The van der Waals surface area contributed by atoms with Gasteiger partial charge in [-0.25, -0.2) is 8.42 Å². The summed E-state index contributed by atoms with van der Waals surface area (Å²) in [6, 6.07) is 6.71. The number of hydrogen-bond donors (Lipinski definition) is 0. The molecule has 1 amide bonds. The molecule has 1 aromatic rings. The predicted octanol–water partition coefficient (Wildman–Crippen LogP) is 2.78. The maximum absolute atomic E-state index is 14.0. The summed E-state index contributed by atoms with van der Waals surface area (Å²) >= 11 is 0. The lowest BCUT2D eigenvalue weighted by Crippen LogP contribution is -2.65. The van der Waals surface area contributed by atoms with Crippen LogP contribution in [-0.2, 0) is 19.6 Å². The topological polar surface area (TPSA) is 87.2 Å². The van der Waals surface area contributed by atoms with Gasteiger partial charge in [0.2, 0.25) is 15.9 Å². The monoisotopic (exact) mass is 517 g/mol. The van der Waals surface area contributed by atoms with Crippen molar-refractivity contribution in [3.05, 3.63) is 29.8 Å². The van der Waals surface area contributed by atoms with E-state index < -0.39 is 10.0 Å². The molecule has 4 fully saturated rings. The first-order valence-electron chi connectivity index (χ1n) is 13.6. The van der Waals surface area contributed by atoms with Crippen molar-refractivity contribution in [2.45, 2.75) is 68.8 Å². The molecule has 4 aliphatic rings. The number of hydrogen-bond acceptors (Lipinski definition) is 6. The molecule has 0 saturated carbocycles. The van der Waals surface area contributed by atoms with Gasteiger partial charge in [-0.3, -0.25) is 14.5 Å². The SMILES string of the molecule is CC(=O)c1ccc(S(=O)(=O)N2C[C@@H]3CCCN4CCC[C@@H]([C@H]34)[C@H]2CCCC(=O)N2CCOCC2)cc1. The molecular formula is C27H39N3O5S. The molecular weight excluding hydrogens is 478 g/mol. The van der Waals surface area contributed by atoms with E-state index in [9.17, 15) is 18.0 Å². The Balaban J connectivity index is 1.38. The summed E-state index contributed by atoms with van der Waals surface area (Å²) in [5.41, 5.74) is 0.515. The second-order valence-corrected chi connectivity index (χ2v) is 12.7. The second kappa shape index (κ2) is 10.9. The van der Waals surface area contributed by atoms with Crippen molar-refractivity contribution in [3.63, 3.8) is 0 Å². The number of benzene rings is 1. The van der Waals surface area contributed by atoms with Crippen LogP contribution in [0, 0.1) is 11.8 Å². The Hall–Kier alpha value is -1.81. The second-order valence-electron chi connectivity index (χ2n) is 10.8. The van der Waals surface area contributed by atoms with E-state index in [2.05, 4.69) is 4.90 Å². The average Bonchev–Trinajstić information content (AvgIpc) is 2.90. The zero-order valence-electron chi connectivity index (χ0n) is 21.3. The van der Waals surface area contributed by atoms with Gasteiger partial charge in [0.1, 0.15) is 0 Å². The summed E-state index contributed by atoms with van der Waals surface area (Å²) in [6.07, 6.45) is 6.14. The molecule has 4 atom stereocenters. The van der Waals surface area contributed by atoms with Crippen molar-refractivity contribution < 1.29 is 22.7 Å². The molecule has 0 aliphatic carbocycles. The van der Waals surface area contributed by atoms with Crippen molar-refractivity contribution in [1.82, 2.24) is 14.1 Å². The van der Waals surface area contributed by atoms with Gasteiger partial charge in [-0.15, -0.1) is 0 Å². The van der Waals surface area contributed by atoms with Crippen molar-refractivity contribution in [1.29, 1.82) is 0 Å². The summed E-state index contributed by atoms with van der Waals surface area (Å²) in [7, 11) is -3.72. The number of rotatable bonds is 7. The Labute approximate surface area is 215 Å². The van der Waals surface area contributed by atoms with Gasteiger partial charge in [0.25, 0.3) is 0 Å². The third kappa shape index (κ3) is 5.12. The first-order chi connectivity index (χ1) is 17.4. The van der Waals surface area contributed by atoms with Gasteiger partial charge in [-0.05, 0) is 82.5 Å². The van der Waals surface area contributed by atoms with Gasteiger partial charge in [0, 0.05) is 43.7 Å². The zero-order valence-corrected chi connectivity index (χ0v) is 22.1. The molecule has 0 N–H and O–H groups in total. The lowest BCUT2D eigenvalue weighted by Gasteiger charge is -2.57. The number of carbonyl (C=O) groups excluding carboxylic acids is 2. The first kappa shape index (κ1) is 25.8. The molecule has 0 unspecified atom stereocenters. The maximum Gasteiger partial charge on any atom is 0.243 e. The molecule has 4 heterocycles. The van der Waals surface area contributed by atoms with Gasteiger partial charge < -0.3 is 9.64 Å². The molecule has 0 spiro atoms. The number of piperidine rings is 3. The van der Waals surface area contributed by atoms with E-state index in [1.807, 2.05) is 4.90 Å². The minimum Gasteiger partial charge on any atom is -0.378 e. The van der Waals surface area contributed by atoms with Crippen LogP contribution in [-0.4, -0.2) is 92.2 Å². The molecule has 0 radical (unpaired) electrons. The number of carbonyl (C=O) groups is 2. The fourth-order valence-electron chi connectivity index (χ4n) is 7.02. The molecule has 4 aliphatic heterocycles. The summed E-state index contributed by atoms with van der Waals surface area (Å²) in [5.74, 6) is 0.709. The molecule has 198 valence electrons. The van der Waals surface area contributed by atoms with E-state index in [0.29, 0.717) is 75.6 Å². The van der Waals surface area contributed by atoms with Gasteiger partial charge >= 0.3 is 0 Å². The van der Waals surface area contributed by atoms with Gasteiger partial charge in [0.15, 0.2) is 5.78 Å². The Kier molecular flexibility index (Phi) is 7.81. The van der Waals surface area contributed by atoms with E-state index in [4.69, 9.17) is 4.74 Å². The predicted molar refractivity (Wildman–Crippen MR) is 136 cm³/mol. The molecule has 4 saturated heterocycles. The van der Waals surface area contributed by atoms with E-state index in [1.54, 1.807) is 28.6 Å². The van der Waals surface area contributed by atoms with Gasteiger partial charge in [0.05, 0.1) is 18.1 Å². The van der Waals surface area contributed by atoms with Crippen LogP contribution >= 0.6 is 0 Å². The number of amides is 1. The van der Waals surface area contributed by atoms with E-state index in [0.717, 1.165) is 38.8 Å². The third-order valence-electron chi connectivity index (χ3n) is 8.75. The highest BCUT2D eigenvalue weighted by Crippen LogP contribution is 2.45. The molecule has 8 nitrogen and oxygen atoms in total. The number of morpholine rings is 1. The van der Waals surface area contributed by atoms with Crippen LogP contribution in [0.2, 0.25) is 0 Å². The summed E-state index contributed by atoms with van der Waals surface area (Å²) in [6.45, 7) is 6.70. The van der Waals surface area contributed by atoms with E-state index in [-0.39, 0.29) is 22.6 Å². The van der Waals surface area contributed by atoms with Crippen LogP contribution in [0.25, 0.3) is 0 Å². The number of sulfonamides is 1. The van der Waals surface area contributed by atoms with Crippen LogP contribution < -0.4 is 0 Å². The van der Waals surface area contributed by atoms with E-state index in [1.165, 1.54) is 6.92 Å². The van der Waals surface area contributed by atoms with Gasteiger partial charge in [-0.1, -0.05) is 12.1 Å². The molecule has 1 aromatic carbocycles. The maximum atomic E-state index is 14.0. The minimum atomic E-state index is -3.72. The lowest BCUT2D eigenvalue weighted by molar-refractivity contribution is -0.135. The van der Waals surface area contributed by atoms with Crippen LogP contribution in [0.1, 0.15) is 62.2 Å². The van der Waals surface area contributed by atoms with Crippen molar-refractivity contribution in [2.24, 2.45) is 11.8 Å². The number of Topliss-reactive ketones (excluding diaryl/α,β-unsaturated/α-hetero) is 1. The van der Waals surface area contributed by atoms with Crippen LogP contribution in [0.4, 0.5) is 0 Å².